The molecule has 4 aromatic rings. The number of carbonyl (C=O) groups excluding carboxylic acids is 2. The number of nitrogens with one attached hydrogen (secondary N) is 2. The first-order valence-electron chi connectivity index (χ1n) is 13.9. The molecule has 0 unspecified atom stereocenters. The van der Waals surface area contributed by atoms with Crippen molar-refractivity contribution in [2.24, 2.45) is 11.3 Å². The summed E-state index contributed by atoms with van der Waals surface area (Å²) in [6, 6.07) is 25.6. The Labute approximate surface area is 235 Å². The van der Waals surface area contributed by atoms with Gasteiger partial charge in [0.2, 0.25) is 0 Å². The van der Waals surface area contributed by atoms with Crippen LogP contribution in [0.4, 0.5) is 5.95 Å². The number of rotatable bonds is 7. The van der Waals surface area contributed by atoms with Crippen molar-refractivity contribution in [1.82, 2.24) is 25.5 Å². The van der Waals surface area contributed by atoms with Crippen LogP contribution in [0.25, 0.3) is 11.1 Å². The van der Waals surface area contributed by atoms with E-state index in [0.29, 0.717) is 23.6 Å². The number of anilines is 1. The van der Waals surface area contributed by atoms with E-state index in [9.17, 15) is 9.59 Å². The summed E-state index contributed by atoms with van der Waals surface area (Å²) in [4.78, 5) is 28.5. The minimum Gasteiger partial charge on any atom is -0.331 e. The summed E-state index contributed by atoms with van der Waals surface area (Å²) in [5, 5.41) is 15.9. The third-order valence-electron chi connectivity index (χ3n) is 8.00. The number of nitrogens with zero attached hydrogens (tertiary/aromatic N) is 4. The Morgan fingerprint density at radius 1 is 0.850 bits per heavy atom. The minimum atomic E-state index is -0.320. The van der Waals surface area contributed by atoms with Gasteiger partial charge in [0, 0.05) is 23.7 Å². The Kier molecular flexibility index (Phi) is 8.05. The number of benzene rings is 3. The van der Waals surface area contributed by atoms with Gasteiger partial charge in [-0.1, -0.05) is 80.5 Å². The number of hydrogen-bond donors (Lipinski definition) is 2. The quantitative estimate of drug-likeness (QED) is 0.286. The molecule has 0 aliphatic heterocycles. The summed E-state index contributed by atoms with van der Waals surface area (Å²) in [6.07, 6.45) is 4.20. The molecule has 8 heteroatoms. The number of aromatic amines is 1. The molecular formula is C32H36N6O2. The summed E-state index contributed by atoms with van der Waals surface area (Å²) < 4.78 is 0. The van der Waals surface area contributed by atoms with Crippen molar-refractivity contribution in [3.8, 4) is 11.1 Å². The predicted molar refractivity (Wildman–Crippen MR) is 156 cm³/mol. The van der Waals surface area contributed by atoms with E-state index in [1.807, 2.05) is 59.5 Å². The maximum Gasteiger partial charge on any atom is 0.270 e. The summed E-state index contributed by atoms with van der Waals surface area (Å²) in [5.74, 6) is 0.496. The van der Waals surface area contributed by atoms with Gasteiger partial charge in [0.25, 0.3) is 17.8 Å². The topological polar surface area (TPSA) is 104 Å². The number of tetrazole rings is 1. The summed E-state index contributed by atoms with van der Waals surface area (Å²) >= 11 is 0. The van der Waals surface area contributed by atoms with Gasteiger partial charge in [-0.05, 0) is 83.2 Å². The molecule has 5 rings (SSSR count). The van der Waals surface area contributed by atoms with Gasteiger partial charge < -0.3 is 4.90 Å². The molecule has 206 valence electrons. The Bertz CT molecular complexity index is 1400. The maximum atomic E-state index is 14.0. The fourth-order valence-corrected chi connectivity index (χ4v) is 5.57. The van der Waals surface area contributed by atoms with E-state index in [1.165, 1.54) is 0 Å². The van der Waals surface area contributed by atoms with Crippen LogP contribution < -0.4 is 5.32 Å². The van der Waals surface area contributed by atoms with E-state index in [-0.39, 0.29) is 29.2 Å². The van der Waals surface area contributed by atoms with E-state index < -0.39 is 0 Å². The van der Waals surface area contributed by atoms with Crippen molar-refractivity contribution in [2.75, 3.05) is 5.32 Å². The second-order valence-electron chi connectivity index (χ2n) is 11.6. The molecule has 2 N–H and O–H groups in total. The molecule has 8 nitrogen and oxygen atoms in total. The van der Waals surface area contributed by atoms with E-state index in [1.54, 1.807) is 12.1 Å². The van der Waals surface area contributed by atoms with E-state index in [0.717, 1.165) is 42.4 Å². The first kappa shape index (κ1) is 27.2. The van der Waals surface area contributed by atoms with Crippen molar-refractivity contribution in [1.29, 1.82) is 0 Å². The lowest BCUT2D eigenvalue weighted by Crippen LogP contribution is -2.43. The zero-order chi connectivity index (χ0) is 28.1. The third kappa shape index (κ3) is 6.45. The highest BCUT2D eigenvalue weighted by Crippen LogP contribution is 2.39. The normalized spacial score (nSPS) is 17.3. The average Bonchev–Trinajstić information content (AvgIpc) is 3.49. The Balaban J connectivity index is 1.34. The molecule has 0 spiro atoms. The fraction of sp³-hybridized carbons (Fsp3) is 0.344. The van der Waals surface area contributed by atoms with Crippen molar-refractivity contribution in [2.45, 2.75) is 59.0 Å². The Morgan fingerprint density at radius 2 is 1.48 bits per heavy atom. The van der Waals surface area contributed by atoms with E-state index >= 15 is 0 Å². The SMILES string of the molecule is CC(C)(C)C1CCC(N(Cc2ccc(C(=O)Nc3nn[nH]n3)cc2)C(=O)c2ccc(-c3ccccc3)cc2)CC1. The van der Waals surface area contributed by atoms with E-state index in [2.05, 4.69) is 58.8 Å². The molecule has 2 amide bonds. The van der Waals surface area contributed by atoms with Gasteiger partial charge in [-0.25, -0.2) is 0 Å². The van der Waals surface area contributed by atoms with Gasteiger partial charge in [-0.3, -0.25) is 14.9 Å². The highest BCUT2D eigenvalue weighted by Gasteiger charge is 2.34. The summed E-state index contributed by atoms with van der Waals surface area (Å²) in [7, 11) is 0. The van der Waals surface area contributed by atoms with Crippen LogP contribution >= 0.6 is 0 Å². The van der Waals surface area contributed by atoms with Crippen LogP contribution in [0.5, 0.6) is 0 Å². The Morgan fingerprint density at radius 3 is 2.08 bits per heavy atom. The van der Waals surface area contributed by atoms with Crippen LogP contribution in [0.2, 0.25) is 0 Å². The molecule has 1 saturated carbocycles. The zero-order valence-corrected chi connectivity index (χ0v) is 23.3. The third-order valence-corrected chi connectivity index (χ3v) is 8.00. The number of hydrogen-bond acceptors (Lipinski definition) is 5. The number of aromatic nitrogens is 4. The molecule has 1 fully saturated rings. The van der Waals surface area contributed by atoms with Gasteiger partial charge in [-0.15, -0.1) is 5.10 Å². The molecule has 1 heterocycles. The van der Waals surface area contributed by atoms with E-state index in [4.69, 9.17) is 0 Å². The zero-order valence-electron chi connectivity index (χ0n) is 23.3. The van der Waals surface area contributed by atoms with Crippen molar-refractivity contribution >= 4 is 17.8 Å². The molecule has 0 saturated heterocycles. The van der Waals surface area contributed by atoms with Crippen molar-refractivity contribution < 1.29 is 9.59 Å². The van der Waals surface area contributed by atoms with Gasteiger partial charge in [0.05, 0.1) is 0 Å². The summed E-state index contributed by atoms with van der Waals surface area (Å²) in [5.41, 5.74) is 4.63. The standard InChI is InChI=1S/C32H36N6O2/c1-32(2,3)27-17-19-28(20-18-27)38(30(40)26-15-13-24(14-16-26)23-7-5-4-6-8-23)21-22-9-11-25(12-10-22)29(39)33-31-34-36-37-35-31/h4-16,27-28H,17-21H2,1-3H3,(H2,33,34,35,36,37,39). The van der Waals surface area contributed by atoms with Crippen molar-refractivity contribution in [3.05, 3.63) is 95.6 Å². The van der Waals surface area contributed by atoms with Gasteiger partial charge in [0.1, 0.15) is 0 Å². The molecular weight excluding hydrogens is 500 g/mol. The molecule has 0 radical (unpaired) electrons. The number of amides is 2. The number of H-pyrrole nitrogens is 1. The lowest BCUT2D eigenvalue weighted by Gasteiger charge is -2.41. The average molecular weight is 537 g/mol. The first-order chi connectivity index (χ1) is 19.3. The van der Waals surface area contributed by atoms with Crippen LogP contribution in [-0.2, 0) is 6.54 Å². The molecule has 0 bridgehead atoms. The second kappa shape index (κ2) is 11.8. The van der Waals surface area contributed by atoms with Gasteiger partial charge in [0.15, 0.2) is 0 Å². The van der Waals surface area contributed by atoms with Crippen LogP contribution in [0, 0.1) is 11.3 Å². The Hall–Kier alpha value is -4.33. The highest BCUT2D eigenvalue weighted by atomic mass is 16.2. The second-order valence-corrected chi connectivity index (χ2v) is 11.6. The summed E-state index contributed by atoms with van der Waals surface area (Å²) in [6.45, 7) is 7.42. The molecule has 1 aromatic heterocycles. The largest absolute Gasteiger partial charge is 0.331 e. The van der Waals surface area contributed by atoms with Crippen LogP contribution in [0.3, 0.4) is 0 Å². The highest BCUT2D eigenvalue weighted by molar-refractivity contribution is 6.03. The van der Waals surface area contributed by atoms with Crippen LogP contribution in [0.15, 0.2) is 78.9 Å². The first-order valence-corrected chi connectivity index (χ1v) is 13.9. The number of carbonyl (C=O) groups is 2. The molecule has 0 atom stereocenters. The van der Waals surface area contributed by atoms with Gasteiger partial charge >= 0.3 is 0 Å². The van der Waals surface area contributed by atoms with Crippen LogP contribution in [-0.4, -0.2) is 43.4 Å². The predicted octanol–water partition coefficient (Wildman–Crippen LogP) is 6.37. The molecule has 1 aliphatic carbocycles. The molecule has 1 aliphatic rings. The fourth-order valence-electron chi connectivity index (χ4n) is 5.57. The van der Waals surface area contributed by atoms with Crippen LogP contribution in [0.1, 0.15) is 72.7 Å². The monoisotopic (exact) mass is 536 g/mol. The minimum absolute atomic E-state index is 0.0396. The van der Waals surface area contributed by atoms with Crippen molar-refractivity contribution in [3.63, 3.8) is 0 Å². The maximum absolute atomic E-state index is 14.0. The molecule has 40 heavy (non-hydrogen) atoms. The molecule has 3 aromatic carbocycles. The lowest BCUT2D eigenvalue weighted by molar-refractivity contribution is 0.0530. The smallest absolute Gasteiger partial charge is 0.270 e. The lowest BCUT2D eigenvalue weighted by atomic mass is 9.71. The van der Waals surface area contributed by atoms with Gasteiger partial charge in [-0.2, -0.15) is 5.21 Å².